The Balaban J connectivity index is 1.43. The van der Waals surface area contributed by atoms with E-state index in [4.69, 9.17) is 26.2 Å². The molecule has 1 fully saturated rings. The number of rotatable bonds is 8. The monoisotopic (exact) mass is 456 g/mol. The summed E-state index contributed by atoms with van der Waals surface area (Å²) in [5.41, 5.74) is 2.89. The first-order chi connectivity index (χ1) is 15.6. The molecule has 1 unspecified atom stereocenters. The molecule has 0 aromatic heterocycles. The van der Waals surface area contributed by atoms with E-state index in [0.717, 1.165) is 62.0 Å². The van der Waals surface area contributed by atoms with Crippen LogP contribution in [0, 0.1) is 0 Å². The van der Waals surface area contributed by atoms with Gasteiger partial charge in [0.25, 0.3) is 5.91 Å². The number of amides is 1. The maximum atomic E-state index is 13.1. The van der Waals surface area contributed by atoms with Gasteiger partial charge in [0.15, 0.2) is 0 Å². The SMILES string of the molecule is COc1ccc(C2=NN(C(=O)CNCCN3CCOCC3)C(c3ccc(Cl)cc3)C2)cc1. The van der Waals surface area contributed by atoms with Crippen molar-refractivity contribution in [3.8, 4) is 5.75 Å². The summed E-state index contributed by atoms with van der Waals surface area (Å²) in [5.74, 6) is 0.745. The van der Waals surface area contributed by atoms with E-state index in [2.05, 4.69) is 10.2 Å². The molecular formula is C24H29ClN4O3. The Morgan fingerprint density at radius 1 is 1.16 bits per heavy atom. The Hall–Kier alpha value is -2.45. The molecular weight excluding hydrogens is 428 g/mol. The van der Waals surface area contributed by atoms with Crippen LogP contribution < -0.4 is 10.1 Å². The summed E-state index contributed by atoms with van der Waals surface area (Å²) in [6.45, 7) is 5.33. The highest BCUT2D eigenvalue weighted by Crippen LogP contribution is 2.33. The lowest BCUT2D eigenvalue weighted by Crippen LogP contribution is -2.42. The summed E-state index contributed by atoms with van der Waals surface area (Å²) in [5, 5.41) is 10.3. The quantitative estimate of drug-likeness (QED) is 0.619. The minimum atomic E-state index is -0.155. The fraction of sp³-hybridized carbons (Fsp3) is 0.417. The molecule has 2 aromatic carbocycles. The number of methoxy groups -OCH3 is 1. The molecule has 1 amide bonds. The fourth-order valence-electron chi connectivity index (χ4n) is 3.98. The van der Waals surface area contributed by atoms with E-state index in [0.29, 0.717) is 11.4 Å². The second kappa shape index (κ2) is 10.9. The lowest BCUT2D eigenvalue weighted by atomic mass is 9.98. The van der Waals surface area contributed by atoms with Gasteiger partial charge in [-0.15, -0.1) is 0 Å². The van der Waals surface area contributed by atoms with E-state index in [1.165, 1.54) is 0 Å². The first-order valence-corrected chi connectivity index (χ1v) is 11.3. The largest absolute Gasteiger partial charge is 0.497 e. The smallest absolute Gasteiger partial charge is 0.257 e. The third-order valence-electron chi connectivity index (χ3n) is 5.83. The van der Waals surface area contributed by atoms with Gasteiger partial charge >= 0.3 is 0 Å². The number of carbonyl (C=O) groups excluding carboxylic acids is 1. The van der Waals surface area contributed by atoms with E-state index >= 15 is 0 Å². The molecule has 1 N–H and O–H groups in total. The van der Waals surface area contributed by atoms with Crippen LogP contribution in [0.15, 0.2) is 53.6 Å². The summed E-state index contributed by atoms with van der Waals surface area (Å²) in [4.78, 5) is 15.4. The predicted molar refractivity (Wildman–Crippen MR) is 125 cm³/mol. The van der Waals surface area contributed by atoms with E-state index < -0.39 is 0 Å². The number of halogens is 1. The van der Waals surface area contributed by atoms with E-state index in [1.54, 1.807) is 12.1 Å². The topological polar surface area (TPSA) is 66.4 Å². The zero-order chi connectivity index (χ0) is 22.3. The highest BCUT2D eigenvalue weighted by atomic mass is 35.5. The highest BCUT2D eigenvalue weighted by molar-refractivity contribution is 6.30. The third-order valence-corrected chi connectivity index (χ3v) is 6.08. The summed E-state index contributed by atoms with van der Waals surface area (Å²) < 4.78 is 10.6. The number of hydrazone groups is 1. The van der Waals surface area contributed by atoms with Crippen LogP contribution in [0.2, 0.25) is 5.02 Å². The van der Waals surface area contributed by atoms with Gasteiger partial charge < -0.3 is 14.8 Å². The molecule has 0 radical (unpaired) electrons. The molecule has 1 atom stereocenters. The lowest BCUT2D eigenvalue weighted by molar-refractivity contribution is -0.132. The predicted octanol–water partition coefficient (Wildman–Crippen LogP) is 2.95. The maximum Gasteiger partial charge on any atom is 0.257 e. The Morgan fingerprint density at radius 2 is 1.88 bits per heavy atom. The molecule has 4 rings (SSSR count). The minimum absolute atomic E-state index is 0.0459. The maximum absolute atomic E-state index is 13.1. The van der Waals surface area contributed by atoms with Gasteiger partial charge in [-0.05, 0) is 47.5 Å². The van der Waals surface area contributed by atoms with Crippen molar-refractivity contribution in [2.75, 3.05) is 53.0 Å². The first-order valence-electron chi connectivity index (χ1n) is 10.9. The van der Waals surface area contributed by atoms with Gasteiger partial charge in [0.05, 0.1) is 38.6 Å². The molecule has 8 heteroatoms. The van der Waals surface area contributed by atoms with Crippen molar-refractivity contribution < 1.29 is 14.3 Å². The Labute approximate surface area is 193 Å². The molecule has 0 aliphatic carbocycles. The minimum Gasteiger partial charge on any atom is -0.497 e. The summed E-state index contributed by atoms with van der Waals surface area (Å²) in [6.07, 6.45) is 0.646. The van der Waals surface area contributed by atoms with Crippen LogP contribution in [0.3, 0.4) is 0 Å². The molecule has 0 saturated carbocycles. The number of carbonyl (C=O) groups is 1. The fourth-order valence-corrected chi connectivity index (χ4v) is 4.11. The molecule has 2 aliphatic heterocycles. The number of hydrogen-bond donors (Lipinski definition) is 1. The van der Waals surface area contributed by atoms with Crippen LogP contribution in [-0.4, -0.2) is 74.6 Å². The second-order valence-electron chi connectivity index (χ2n) is 7.92. The van der Waals surface area contributed by atoms with Gasteiger partial charge in [0, 0.05) is 37.6 Å². The van der Waals surface area contributed by atoms with Gasteiger partial charge in [0.1, 0.15) is 5.75 Å². The zero-order valence-corrected chi connectivity index (χ0v) is 19.1. The van der Waals surface area contributed by atoms with Gasteiger partial charge in [-0.25, -0.2) is 5.01 Å². The number of nitrogens with zero attached hydrogens (tertiary/aromatic N) is 3. The van der Waals surface area contributed by atoms with Crippen molar-refractivity contribution in [2.45, 2.75) is 12.5 Å². The van der Waals surface area contributed by atoms with Crippen LogP contribution >= 0.6 is 11.6 Å². The second-order valence-corrected chi connectivity index (χ2v) is 8.35. The van der Waals surface area contributed by atoms with Crippen LogP contribution in [0.5, 0.6) is 5.75 Å². The van der Waals surface area contributed by atoms with Crippen molar-refractivity contribution in [3.05, 3.63) is 64.7 Å². The Morgan fingerprint density at radius 3 is 2.56 bits per heavy atom. The standard InChI is InChI=1S/C24H29ClN4O3/c1-31-21-8-4-18(5-9-21)22-16-23(19-2-6-20(25)7-3-19)29(27-22)24(30)17-26-10-11-28-12-14-32-15-13-28/h2-9,23,26H,10-17H2,1H3. The van der Waals surface area contributed by atoms with Crippen molar-refractivity contribution in [1.82, 2.24) is 15.2 Å². The van der Waals surface area contributed by atoms with E-state index in [9.17, 15) is 4.79 Å². The average molecular weight is 457 g/mol. The summed E-state index contributed by atoms with van der Waals surface area (Å²) in [7, 11) is 1.64. The molecule has 32 heavy (non-hydrogen) atoms. The Kier molecular flexibility index (Phi) is 7.76. The molecule has 2 heterocycles. The van der Waals surface area contributed by atoms with Crippen molar-refractivity contribution >= 4 is 23.2 Å². The van der Waals surface area contributed by atoms with Crippen LogP contribution in [0.1, 0.15) is 23.6 Å². The lowest BCUT2D eigenvalue weighted by Gasteiger charge is -2.26. The molecule has 0 bridgehead atoms. The first kappa shape index (κ1) is 22.7. The third kappa shape index (κ3) is 5.66. The van der Waals surface area contributed by atoms with Gasteiger partial charge in [0.2, 0.25) is 0 Å². The van der Waals surface area contributed by atoms with Gasteiger partial charge in [-0.2, -0.15) is 5.10 Å². The highest BCUT2D eigenvalue weighted by Gasteiger charge is 2.32. The zero-order valence-electron chi connectivity index (χ0n) is 18.3. The van der Waals surface area contributed by atoms with Crippen LogP contribution in [-0.2, 0) is 9.53 Å². The van der Waals surface area contributed by atoms with Crippen LogP contribution in [0.25, 0.3) is 0 Å². The summed E-state index contributed by atoms with van der Waals surface area (Å²) in [6, 6.07) is 15.3. The van der Waals surface area contributed by atoms with Gasteiger partial charge in [-0.3, -0.25) is 9.69 Å². The number of hydrogen-bond acceptors (Lipinski definition) is 6. The molecule has 170 valence electrons. The molecule has 2 aliphatic rings. The molecule has 7 nitrogen and oxygen atoms in total. The summed E-state index contributed by atoms with van der Waals surface area (Å²) >= 11 is 6.08. The van der Waals surface area contributed by atoms with Crippen LogP contribution in [0.4, 0.5) is 0 Å². The van der Waals surface area contributed by atoms with Gasteiger partial charge in [-0.1, -0.05) is 23.7 Å². The Bertz CT molecular complexity index is 927. The van der Waals surface area contributed by atoms with Crippen molar-refractivity contribution in [3.63, 3.8) is 0 Å². The molecule has 0 spiro atoms. The number of benzene rings is 2. The van der Waals surface area contributed by atoms with Crippen molar-refractivity contribution in [2.24, 2.45) is 5.10 Å². The number of morpholine rings is 1. The average Bonchev–Trinajstić information content (AvgIpc) is 3.28. The number of nitrogens with one attached hydrogen (secondary N) is 1. The normalized spacial score (nSPS) is 19.1. The molecule has 2 aromatic rings. The van der Waals surface area contributed by atoms with E-state index in [-0.39, 0.29) is 18.5 Å². The van der Waals surface area contributed by atoms with E-state index in [1.807, 2.05) is 48.5 Å². The number of ether oxygens (including phenoxy) is 2. The molecule has 1 saturated heterocycles. The van der Waals surface area contributed by atoms with Crippen molar-refractivity contribution in [1.29, 1.82) is 0 Å².